The van der Waals surface area contributed by atoms with Crippen LogP contribution in [0, 0.1) is 17.2 Å². The second kappa shape index (κ2) is 8.16. The molecule has 2 atom stereocenters. The quantitative estimate of drug-likeness (QED) is 0.836. The molecule has 1 heterocycles. The van der Waals surface area contributed by atoms with Crippen molar-refractivity contribution in [3.8, 4) is 6.07 Å². The molecule has 8 heteroatoms. The first-order chi connectivity index (χ1) is 12.5. The van der Waals surface area contributed by atoms with E-state index in [1.807, 2.05) is 6.07 Å². The molecule has 2 aliphatic rings. The van der Waals surface area contributed by atoms with Gasteiger partial charge in [-0.05, 0) is 37.1 Å². The summed E-state index contributed by atoms with van der Waals surface area (Å²) in [4.78, 5) is 12.7. The van der Waals surface area contributed by atoms with Crippen LogP contribution in [0.25, 0.3) is 0 Å². The minimum atomic E-state index is -3.78. The SMILES string of the molecule is N#Cc1ccc(S(=O)(=O)N2CCOCCNC(=O)C3CCCCC32)cc1. The fourth-order valence-electron chi connectivity index (χ4n) is 3.70. The van der Waals surface area contributed by atoms with Gasteiger partial charge in [0.2, 0.25) is 15.9 Å². The maximum atomic E-state index is 13.3. The second-order valence-corrected chi connectivity index (χ2v) is 8.50. The van der Waals surface area contributed by atoms with E-state index in [-0.39, 0.29) is 35.9 Å². The summed E-state index contributed by atoms with van der Waals surface area (Å²) in [5.74, 6) is -0.435. The van der Waals surface area contributed by atoms with Crippen LogP contribution < -0.4 is 5.32 Å². The van der Waals surface area contributed by atoms with Crippen LogP contribution in [-0.2, 0) is 19.6 Å². The van der Waals surface area contributed by atoms with E-state index < -0.39 is 10.0 Å². The molecule has 2 unspecified atom stereocenters. The summed E-state index contributed by atoms with van der Waals surface area (Å²) in [6, 6.07) is 7.51. The first kappa shape index (κ1) is 18.8. The van der Waals surface area contributed by atoms with E-state index >= 15 is 0 Å². The van der Waals surface area contributed by atoms with Crippen molar-refractivity contribution in [2.45, 2.75) is 36.6 Å². The number of rotatable bonds is 2. The number of carbonyl (C=O) groups is 1. The van der Waals surface area contributed by atoms with Gasteiger partial charge in [-0.15, -0.1) is 0 Å². The van der Waals surface area contributed by atoms with Crippen LogP contribution in [0.15, 0.2) is 29.2 Å². The number of nitrogens with one attached hydrogen (secondary N) is 1. The van der Waals surface area contributed by atoms with Crippen LogP contribution in [0.3, 0.4) is 0 Å². The van der Waals surface area contributed by atoms with Gasteiger partial charge in [0.05, 0.1) is 35.7 Å². The van der Waals surface area contributed by atoms with Crippen molar-refractivity contribution in [2.24, 2.45) is 5.92 Å². The molecule has 0 spiro atoms. The Morgan fingerprint density at radius 2 is 1.88 bits per heavy atom. The van der Waals surface area contributed by atoms with Crippen LogP contribution >= 0.6 is 0 Å². The molecule has 1 saturated heterocycles. The Kier molecular flexibility index (Phi) is 5.91. The molecule has 0 radical (unpaired) electrons. The average Bonchev–Trinajstić information content (AvgIpc) is 2.67. The third kappa shape index (κ3) is 3.90. The van der Waals surface area contributed by atoms with Crippen molar-refractivity contribution >= 4 is 15.9 Å². The molecule has 1 amide bonds. The average molecular weight is 377 g/mol. The first-order valence-corrected chi connectivity index (χ1v) is 10.4. The highest BCUT2D eigenvalue weighted by Gasteiger charge is 2.40. The fourth-order valence-corrected chi connectivity index (χ4v) is 5.37. The van der Waals surface area contributed by atoms with Crippen molar-refractivity contribution in [3.63, 3.8) is 0 Å². The van der Waals surface area contributed by atoms with Gasteiger partial charge < -0.3 is 10.1 Å². The Morgan fingerprint density at radius 1 is 1.15 bits per heavy atom. The molecule has 1 N–H and O–H groups in total. The maximum absolute atomic E-state index is 13.3. The van der Waals surface area contributed by atoms with Gasteiger partial charge in [0, 0.05) is 19.1 Å². The molecule has 2 fully saturated rings. The summed E-state index contributed by atoms with van der Waals surface area (Å²) in [6.45, 7) is 1.32. The lowest BCUT2D eigenvalue weighted by Gasteiger charge is -2.39. The van der Waals surface area contributed by atoms with E-state index in [0.717, 1.165) is 12.8 Å². The first-order valence-electron chi connectivity index (χ1n) is 8.91. The molecule has 0 aromatic heterocycles. The molecule has 1 aromatic rings. The lowest BCUT2D eigenvalue weighted by molar-refractivity contribution is -0.128. The van der Waals surface area contributed by atoms with Gasteiger partial charge in [-0.25, -0.2) is 8.42 Å². The van der Waals surface area contributed by atoms with Crippen LogP contribution in [-0.4, -0.2) is 51.0 Å². The number of hydrogen-bond acceptors (Lipinski definition) is 5. The van der Waals surface area contributed by atoms with Crippen LogP contribution in [0.1, 0.15) is 31.2 Å². The molecule has 1 aliphatic carbocycles. The third-order valence-corrected chi connectivity index (χ3v) is 6.97. The third-order valence-electron chi connectivity index (χ3n) is 5.03. The van der Waals surface area contributed by atoms with Crippen molar-refractivity contribution in [1.29, 1.82) is 5.26 Å². The minimum Gasteiger partial charge on any atom is -0.378 e. The fraction of sp³-hybridized carbons (Fsp3) is 0.556. The van der Waals surface area contributed by atoms with Gasteiger partial charge in [0.15, 0.2) is 0 Å². The van der Waals surface area contributed by atoms with Crippen LogP contribution in [0.5, 0.6) is 0 Å². The van der Waals surface area contributed by atoms with Crippen molar-refractivity contribution in [2.75, 3.05) is 26.3 Å². The van der Waals surface area contributed by atoms with Crippen molar-refractivity contribution < 1.29 is 17.9 Å². The van der Waals surface area contributed by atoms with Crippen molar-refractivity contribution in [1.82, 2.24) is 9.62 Å². The minimum absolute atomic E-state index is 0.0970. The zero-order valence-electron chi connectivity index (χ0n) is 14.6. The van der Waals surface area contributed by atoms with E-state index in [2.05, 4.69) is 5.32 Å². The van der Waals surface area contributed by atoms with Gasteiger partial charge in [-0.3, -0.25) is 4.79 Å². The number of amides is 1. The molecule has 1 aliphatic heterocycles. The standard InChI is InChI=1S/C18H23N3O4S/c19-13-14-5-7-15(8-6-14)26(23,24)21-10-12-25-11-9-20-18(22)16-3-1-2-4-17(16)21/h5-8,16-17H,1-4,9-12H2,(H,20,22). The highest BCUT2D eigenvalue weighted by atomic mass is 32.2. The number of sulfonamides is 1. The number of carbonyl (C=O) groups excluding carboxylic acids is 1. The molecule has 3 rings (SSSR count). The van der Waals surface area contributed by atoms with E-state index in [1.54, 1.807) is 0 Å². The lowest BCUT2D eigenvalue weighted by atomic mass is 9.83. The van der Waals surface area contributed by atoms with Gasteiger partial charge in [-0.1, -0.05) is 12.8 Å². The summed E-state index contributed by atoms with van der Waals surface area (Å²) in [5, 5.41) is 11.8. The molecule has 26 heavy (non-hydrogen) atoms. The van der Waals surface area contributed by atoms with Crippen LogP contribution in [0.4, 0.5) is 0 Å². The summed E-state index contributed by atoms with van der Waals surface area (Å²) in [6.07, 6.45) is 3.18. The molecular weight excluding hydrogens is 354 g/mol. The van der Waals surface area contributed by atoms with E-state index in [1.165, 1.54) is 28.6 Å². The second-order valence-electron chi connectivity index (χ2n) is 6.61. The Hall–Kier alpha value is -1.95. The monoisotopic (exact) mass is 377 g/mol. The van der Waals surface area contributed by atoms with Gasteiger partial charge >= 0.3 is 0 Å². The van der Waals surface area contributed by atoms with E-state index in [0.29, 0.717) is 31.6 Å². The number of benzene rings is 1. The summed E-state index contributed by atoms with van der Waals surface area (Å²) in [5.41, 5.74) is 0.406. The highest BCUT2D eigenvalue weighted by molar-refractivity contribution is 7.89. The topological polar surface area (TPSA) is 99.5 Å². The Morgan fingerprint density at radius 3 is 2.62 bits per heavy atom. The maximum Gasteiger partial charge on any atom is 0.243 e. The molecule has 7 nitrogen and oxygen atoms in total. The number of nitriles is 1. The Bertz CT molecular complexity index is 786. The summed E-state index contributed by atoms with van der Waals surface area (Å²) in [7, 11) is -3.78. The molecule has 1 saturated carbocycles. The molecule has 1 aromatic carbocycles. The number of fused-ring (bicyclic) bond motifs is 1. The normalized spacial score (nSPS) is 25.6. The molecule has 140 valence electrons. The lowest BCUT2D eigenvalue weighted by Crippen LogP contribution is -2.52. The molecular formula is C18H23N3O4S. The van der Waals surface area contributed by atoms with E-state index in [9.17, 15) is 13.2 Å². The largest absolute Gasteiger partial charge is 0.378 e. The van der Waals surface area contributed by atoms with Gasteiger partial charge in [0.1, 0.15) is 0 Å². The van der Waals surface area contributed by atoms with E-state index in [4.69, 9.17) is 10.00 Å². The number of ether oxygens (including phenoxy) is 1. The Labute approximate surface area is 154 Å². The van der Waals surface area contributed by atoms with Crippen LogP contribution in [0.2, 0.25) is 0 Å². The number of nitrogens with zero attached hydrogens (tertiary/aromatic N) is 2. The summed E-state index contributed by atoms with van der Waals surface area (Å²) >= 11 is 0. The Balaban J connectivity index is 1.96. The highest BCUT2D eigenvalue weighted by Crippen LogP contribution is 2.32. The zero-order valence-corrected chi connectivity index (χ0v) is 15.4. The smallest absolute Gasteiger partial charge is 0.243 e. The predicted molar refractivity (Wildman–Crippen MR) is 94.6 cm³/mol. The molecule has 0 bridgehead atoms. The predicted octanol–water partition coefficient (Wildman–Crippen LogP) is 1.25. The van der Waals surface area contributed by atoms with Gasteiger partial charge in [-0.2, -0.15) is 9.57 Å². The van der Waals surface area contributed by atoms with Gasteiger partial charge in [0.25, 0.3) is 0 Å². The number of hydrogen-bond donors (Lipinski definition) is 1. The van der Waals surface area contributed by atoms with Crippen molar-refractivity contribution in [3.05, 3.63) is 29.8 Å². The summed E-state index contributed by atoms with van der Waals surface area (Å²) < 4.78 is 33.4. The zero-order chi connectivity index (χ0) is 18.6.